The quantitative estimate of drug-likeness (QED) is 0.817. The third kappa shape index (κ3) is 2.51. The molecule has 14 heavy (non-hydrogen) atoms. The smallest absolute Gasteiger partial charge is 0.256 e. The first-order valence-corrected chi connectivity index (χ1v) is 5.96. The number of thioether (sulfide) groups is 1. The Morgan fingerprint density at radius 2 is 2.14 bits per heavy atom. The van der Waals surface area contributed by atoms with Crippen LogP contribution < -0.4 is 5.73 Å². The molecule has 0 atom stereocenters. The number of rotatable bonds is 2. The normalized spacial score (nSPS) is 27.9. The Labute approximate surface area is 88.5 Å². The van der Waals surface area contributed by atoms with Crippen molar-refractivity contribution in [3.05, 3.63) is 12.0 Å². The van der Waals surface area contributed by atoms with E-state index in [0.717, 1.165) is 23.8 Å². The van der Waals surface area contributed by atoms with E-state index < -0.39 is 0 Å². The number of oxazole rings is 1. The zero-order valence-electron chi connectivity index (χ0n) is 8.40. The van der Waals surface area contributed by atoms with E-state index in [1.54, 1.807) is 18.0 Å². The summed E-state index contributed by atoms with van der Waals surface area (Å²) in [5.74, 6) is 0. The summed E-state index contributed by atoms with van der Waals surface area (Å²) in [6.45, 7) is 1.95. The fourth-order valence-corrected chi connectivity index (χ4v) is 2.83. The van der Waals surface area contributed by atoms with Crippen LogP contribution >= 0.6 is 11.8 Å². The Kier molecular flexibility index (Phi) is 3.13. The van der Waals surface area contributed by atoms with Crippen LogP contribution in [0.4, 0.5) is 0 Å². The molecular formula is C10H16N2OS. The molecule has 0 saturated heterocycles. The van der Waals surface area contributed by atoms with Crippen molar-refractivity contribution in [2.75, 3.05) is 0 Å². The van der Waals surface area contributed by atoms with E-state index in [4.69, 9.17) is 10.2 Å². The van der Waals surface area contributed by atoms with Crippen LogP contribution in [0.1, 0.15) is 31.4 Å². The molecule has 4 heteroatoms. The van der Waals surface area contributed by atoms with Crippen LogP contribution in [0.3, 0.4) is 0 Å². The number of aryl methyl sites for hydroxylation is 1. The molecule has 0 aromatic carbocycles. The highest BCUT2D eigenvalue weighted by Crippen LogP contribution is 2.32. The Morgan fingerprint density at radius 1 is 1.43 bits per heavy atom. The van der Waals surface area contributed by atoms with E-state index in [1.807, 2.05) is 6.92 Å². The molecule has 1 fully saturated rings. The molecular weight excluding hydrogens is 196 g/mol. The summed E-state index contributed by atoms with van der Waals surface area (Å²) >= 11 is 1.75. The molecule has 2 rings (SSSR count). The minimum atomic E-state index is 0.415. The average Bonchev–Trinajstić information content (AvgIpc) is 2.56. The predicted octanol–water partition coefficient (Wildman–Crippen LogP) is 2.35. The molecule has 1 aliphatic rings. The van der Waals surface area contributed by atoms with Gasteiger partial charge in [-0.05, 0) is 32.6 Å². The van der Waals surface area contributed by atoms with E-state index in [2.05, 4.69) is 4.98 Å². The van der Waals surface area contributed by atoms with Crippen molar-refractivity contribution in [1.29, 1.82) is 0 Å². The maximum atomic E-state index is 5.85. The van der Waals surface area contributed by atoms with Crippen LogP contribution in [-0.2, 0) is 0 Å². The van der Waals surface area contributed by atoms with Gasteiger partial charge in [-0.2, -0.15) is 0 Å². The second kappa shape index (κ2) is 4.36. The number of aromatic nitrogens is 1. The summed E-state index contributed by atoms with van der Waals surface area (Å²) in [6.07, 6.45) is 6.35. The van der Waals surface area contributed by atoms with Crippen LogP contribution in [0.2, 0.25) is 0 Å². The summed E-state index contributed by atoms with van der Waals surface area (Å²) in [6, 6.07) is 0.415. The summed E-state index contributed by atoms with van der Waals surface area (Å²) in [4.78, 5) is 4.29. The lowest BCUT2D eigenvalue weighted by Crippen LogP contribution is -2.27. The molecule has 1 aromatic rings. The van der Waals surface area contributed by atoms with Crippen LogP contribution in [0.15, 0.2) is 15.9 Å². The fourth-order valence-electron chi connectivity index (χ4n) is 1.74. The van der Waals surface area contributed by atoms with Crippen LogP contribution in [0, 0.1) is 6.92 Å². The molecule has 0 aliphatic heterocycles. The highest BCUT2D eigenvalue weighted by Gasteiger charge is 2.20. The molecule has 0 unspecified atom stereocenters. The predicted molar refractivity (Wildman–Crippen MR) is 57.3 cm³/mol. The van der Waals surface area contributed by atoms with Gasteiger partial charge in [-0.15, -0.1) is 0 Å². The molecule has 0 bridgehead atoms. The highest BCUT2D eigenvalue weighted by atomic mass is 32.2. The summed E-state index contributed by atoms with van der Waals surface area (Å²) in [5.41, 5.74) is 6.80. The van der Waals surface area contributed by atoms with Crippen LogP contribution in [0.5, 0.6) is 0 Å². The monoisotopic (exact) mass is 212 g/mol. The lowest BCUT2D eigenvalue weighted by molar-refractivity contribution is 0.433. The number of nitrogens with zero attached hydrogens (tertiary/aromatic N) is 1. The lowest BCUT2D eigenvalue weighted by Gasteiger charge is -2.24. The van der Waals surface area contributed by atoms with E-state index in [9.17, 15) is 0 Å². The van der Waals surface area contributed by atoms with Crippen molar-refractivity contribution >= 4 is 11.8 Å². The largest absolute Gasteiger partial charge is 0.440 e. The van der Waals surface area contributed by atoms with Crippen molar-refractivity contribution in [2.45, 2.75) is 49.1 Å². The summed E-state index contributed by atoms with van der Waals surface area (Å²) in [5, 5.41) is 1.45. The van der Waals surface area contributed by atoms with E-state index >= 15 is 0 Å². The van der Waals surface area contributed by atoms with Crippen LogP contribution in [-0.4, -0.2) is 16.3 Å². The molecule has 1 aliphatic carbocycles. The Balaban J connectivity index is 1.86. The molecule has 3 nitrogen and oxygen atoms in total. The van der Waals surface area contributed by atoms with Crippen molar-refractivity contribution in [3.63, 3.8) is 0 Å². The number of hydrogen-bond acceptors (Lipinski definition) is 4. The topological polar surface area (TPSA) is 52.0 Å². The van der Waals surface area contributed by atoms with Gasteiger partial charge in [-0.25, -0.2) is 4.98 Å². The molecule has 0 spiro atoms. The first kappa shape index (κ1) is 10.1. The maximum Gasteiger partial charge on any atom is 0.256 e. The van der Waals surface area contributed by atoms with Crippen molar-refractivity contribution in [2.24, 2.45) is 5.73 Å². The molecule has 2 N–H and O–H groups in total. The zero-order valence-corrected chi connectivity index (χ0v) is 9.22. The van der Waals surface area contributed by atoms with Gasteiger partial charge in [0.15, 0.2) is 0 Å². The van der Waals surface area contributed by atoms with Gasteiger partial charge in [0.2, 0.25) is 0 Å². The minimum Gasteiger partial charge on any atom is -0.440 e. The van der Waals surface area contributed by atoms with Crippen molar-refractivity contribution in [1.82, 2.24) is 4.98 Å². The lowest BCUT2D eigenvalue weighted by atomic mass is 9.96. The standard InChI is InChI=1S/C10H16N2OS/c1-7-6-13-10(12-7)14-9-4-2-8(11)3-5-9/h6,8-9H,2-5,11H2,1H3. The Hall–Kier alpha value is -0.480. The third-order valence-electron chi connectivity index (χ3n) is 2.58. The zero-order chi connectivity index (χ0) is 9.97. The second-order valence-corrected chi connectivity index (χ2v) is 5.16. The SMILES string of the molecule is Cc1coc(SC2CCC(N)CC2)n1. The fraction of sp³-hybridized carbons (Fsp3) is 0.700. The van der Waals surface area contributed by atoms with Gasteiger partial charge in [0, 0.05) is 11.3 Å². The van der Waals surface area contributed by atoms with E-state index in [-0.39, 0.29) is 0 Å². The first-order valence-electron chi connectivity index (χ1n) is 5.08. The van der Waals surface area contributed by atoms with E-state index in [1.165, 1.54) is 12.8 Å². The van der Waals surface area contributed by atoms with Gasteiger partial charge in [-0.1, -0.05) is 11.8 Å². The molecule has 1 aromatic heterocycles. The molecule has 1 heterocycles. The van der Waals surface area contributed by atoms with Gasteiger partial charge in [0.1, 0.15) is 6.26 Å². The molecule has 0 amide bonds. The van der Waals surface area contributed by atoms with Gasteiger partial charge < -0.3 is 10.2 Å². The second-order valence-electron chi connectivity index (χ2n) is 3.91. The molecule has 78 valence electrons. The van der Waals surface area contributed by atoms with Gasteiger partial charge in [0.05, 0.1) is 5.69 Å². The first-order chi connectivity index (χ1) is 6.74. The molecule has 0 radical (unpaired) electrons. The summed E-state index contributed by atoms with van der Waals surface area (Å²) < 4.78 is 5.31. The number of nitrogens with two attached hydrogens (primary N) is 1. The van der Waals surface area contributed by atoms with Gasteiger partial charge in [0.25, 0.3) is 5.22 Å². The van der Waals surface area contributed by atoms with Crippen LogP contribution in [0.25, 0.3) is 0 Å². The van der Waals surface area contributed by atoms with Gasteiger partial charge >= 0.3 is 0 Å². The van der Waals surface area contributed by atoms with E-state index in [0.29, 0.717) is 11.3 Å². The third-order valence-corrected chi connectivity index (χ3v) is 3.78. The molecule has 1 saturated carbocycles. The van der Waals surface area contributed by atoms with Crippen molar-refractivity contribution in [3.8, 4) is 0 Å². The number of hydrogen-bond donors (Lipinski definition) is 1. The average molecular weight is 212 g/mol. The maximum absolute atomic E-state index is 5.85. The highest BCUT2D eigenvalue weighted by molar-refractivity contribution is 7.99. The Bertz CT molecular complexity index is 292. The van der Waals surface area contributed by atoms with Gasteiger partial charge in [-0.3, -0.25) is 0 Å². The minimum absolute atomic E-state index is 0.415. The van der Waals surface area contributed by atoms with Crippen molar-refractivity contribution < 1.29 is 4.42 Å². The Morgan fingerprint density at radius 3 is 2.71 bits per heavy atom. The summed E-state index contributed by atoms with van der Waals surface area (Å²) in [7, 11) is 0.